The van der Waals surface area contributed by atoms with Crippen LogP contribution in [0, 0.1) is 17.6 Å². The molecule has 1 aliphatic carbocycles. The van der Waals surface area contributed by atoms with Crippen LogP contribution in [0.15, 0.2) is 30.5 Å². The van der Waals surface area contributed by atoms with Gasteiger partial charge in [0.25, 0.3) is 5.91 Å². The third-order valence-electron chi connectivity index (χ3n) is 3.84. The van der Waals surface area contributed by atoms with E-state index in [1.165, 1.54) is 0 Å². The number of carbonyl (C=O) groups excluding carboxylic acids is 1. The summed E-state index contributed by atoms with van der Waals surface area (Å²) in [5.74, 6) is -3.04. The zero-order chi connectivity index (χ0) is 19.6. The van der Waals surface area contributed by atoms with Crippen molar-refractivity contribution < 1.29 is 31.6 Å². The molecule has 27 heavy (non-hydrogen) atoms. The zero-order valence-electron chi connectivity index (χ0n) is 13.7. The van der Waals surface area contributed by atoms with Gasteiger partial charge in [-0.3, -0.25) is 9.63 Å². The Balaban J connectivity index is 1.80. The smallest absolute Gasteiger partial charge is 0.351 e. The van der Waals surface area contributed by atoms with Crippen molar-refractivity contribution in [2.45, 2.75) is 19.0 Å². The lowest BCUT2D eigenvalue weighted by Crippen LogP contribution is -2.26. The van der Waals surface area contributed by atoms with Gasteiger partial charge in [-0.15, -0.1) is 0 Å². The van der Waals surface area contributed by atoms with Crippen molar-refractivity contribution in [2.75, 3.05) is 11.9 Å². The van der Waals surface area contributed by atoms with Crippen LogP contribution >= 0.6 is 0 Å². The van der Waals surface area contributed by atoms with E-state index in [4.69, 9.17) is 4.84 Å². The van der Waals surface area contributed by atoms with E-state index in [9.17, 15) is 26.7 Å². The summed E-state index contributed by atoms with van der Waals surface area (Å²) in [5.41, 5.74) is 0.134. The molecule has 0 spiro atoms. The third-order valence-corrected chi connectivity index (χ3v) is 3.84. The lowest BCUT2D eigenvalue weighted by Gasteiger charge is -2.14. The molecule has 0 unspecified atom stereocenters. The molecular formula is C17H14F5N3O2. The monoisotopic (exact) mass is 387 g/mol. The van der Waals surface area contributed by atoms with Crippen LogP contribution < -0.4 is 10.8 Å². The fraction of sp³-hybridized carbons (Fsp3) is 0.294. The molecule has 5 nitrogen and oxygen atoms in total. The minimum Gasteiger partial charge on any atom is -0.351 e. The van der Waals surface area contributed by atoms with Gasteiger partial charge in [0.2, 0.25) is 0 Å². The van der Waals surface area contributed by atoms with E-state index in [1.54, 1.807) is 0 Å². The summed E-state index contributed by atoms with van der Waals surface area (Å²) in [6, 6.07) is 3.47. The summed E-state index contributed by atoms with van der Waals surface area (Å²) in [6.07, 6.45) is -1.84. The molecule has 1 aromatic carbocycles. The molecule has 10 heteroatoms. The number of amides is 1. The summed E-state index contributed by atoms with van der Waals surface area (Å²) in [5, 5.41) is 2.39. The third kappa shape index (κ3) is 4.70. The van der Waals surface area contributed by atoms with E-state index < -0.39 is 35.1 Å². The van der Waals surface area contributed by atoms with Gasteiger partial charge in [0, 0.05) is 0 Å². The van der Waals surface area contributed by atoms with Gasteiger partial charge in [-0.25, -0.2) is 19.2 Å². The Morgan fingerprint density at radius 1 is 1.19 bits per heavy atom. The van der Waals surface area contributed by atoms with Gasteiger partial charge in [-0.05, 0) is 43.0 Å². The lowest BCUT2D eigenvalue weighted by atomic mass is 10.1. The molecule has 1 amide bonds. The second-order valence-electron chi connectivity index (χ2n) is 6.02. The van der Waals surface area contributed by atoms with Gasteiger partial charge in [0.15, 0.2) is 11.6 Å². The number of aromatic nitrogens is 1. The molecule has 0 radical (unpaired) electrons. The van der Waals surface area contributed by atoms with Gasteiger partial charge < -0.3 is 5.32 Å². The van der Waals surface area contributed by atoms with Crippen LogP contribution in [0.1, 0.15) is 28.9 Å². The summed E-state index contributed by atoms with van der Waals surface area (Å²) < 4.78 is 65.4. The van der Waals surface area contributed by atoms with E-state index in [0.29, 0.717) is 18.6 Å². The van der Waals surface area contributed by atoms with E-state index >= 15 is 0 Å². The highest BCUT2D eigenvalue weighted by Gasteiger charge is 2.32. The van der Waals surface area contributed by atoms with Crippen molar-refractivity contribution in [2.24, 2.45) is 5.92 Å². The van der Waals surface area contributed by atoms with Crippen molar-refractivity contribution in [3.05, 3.63) is 53.4 Å². The number of pyridine rings is 1. The number of alkyl halides is 3. The molecule has 1 aliphatic rings. The first-order chi connectivity index (χ1) is 12.8. The number of anilines is 2. The number of hydrogen-bond donors (Lipinski definition) is 2. The van der Waals surface area contributed by atoms with Crippen LogP contribution in [0.25, 0.3) is 0 Å². The number of hydrogen-bond acceptors (Lipinski definition) is 4. The largest absolute Gasteiger partial charge is 0.433 e. The number of hydroxylamine groups is 1. The number of halogens is 5. The highest BCUT2D eigenvalue weighted by molar-refractivity contribution is 5.99. The van der Waals surface area contributed by atoms with E-state index in [-0.39, 0.29) is 11.3 Å². The fourth-order valence-corrected chi connectivity index (χ4v) is 2.21. The summed E-state index contributed by atoms with van der Waals surface area (Å²) in [4.78, 5) is 20.4. The molecule has 144 valence electrons. The van der Waals surface area contributed by atoms with Crippen molar-refractivity contribution in [3.8, 4) is 0 Å². The topological polar surface area (TPSA) is 63.2 Å². The van der Waals surface area contributed by atoms with Crippen LogP contribution in [-0.4, -0.2) is 17.5 Å². The van der Waals surface area contributed by atoms with Crippen molar-refractivity contribution in [3.63, 3.8) is 0 Å². The minimum atomic E-state index is -4.63. The number of nitrogens with zero attached hydrogens (tertiary/aromatic N) is 1. The van der Waals surface area contributed by atoms with Crippen LogP contribution in [0.5, 0.6) is 0 Å². The number of nitrogens with one attached hydrogen (secondary N) is 2. The number of carbonyl (C=O) groups is 1. The van der Waals surface area contributed by atoms with Gasteiger partial charge in [0.1, 0.15) is 5.69 Å². The Bertz CT molecular complexity index is 836. The van der Waals surface area contributed by atoms with E-state index in [2.05, 4.69) is 15.8 Å². The molecule has 2 N–H and O–H groups in total. The average molecular weight is 387 g/mol. The van der Waals surface area contributed by atoms with Crippen LogP contribution in [-0.2, 0) is 11.0 Å². The van der Waals surface area contributed by atoms with Crippen LogP contribution in [0.2, 0.25) is 0 Å². The van der Waals surface area contributed by atoms with Crippen molar-refractivity contribution >= 4 is 17.3 Å². The lowest BCUT2D eigenvalue weighted by molar-refractivity contribution is -0.141. The van der Waals surface area contributed by atoms with Gasteiger partial charge in [-0.2, -0.15) is 13.2 Å². The first kappa shape index (κ1) is 19.0. The Hall–Kier alpha value is -2.75. The molecule has 2 aromatic rings. The van der Waals surface area contributed by atoms with E-state index in [1.807, 2.05) is 0 Å². The van der Waals surface area contributed by atoms with Gasteiger partial charge >= 0.3 is 6.18 Å². The molecule has 1 fully saturated rings. The van der Waals surface area contributed by atoms with Crippen molar-refractivity contribution in [1.29, 1.82) is 0 Å². The second kappa shape index (κ2) is 7.47. The predicted molar refractivity (Wildman–Crippen MR) is 85.0 cm³/mol. The SMILES string of the molecule is O=C(NOCC1CC1)c1ccc(F)c(F)c1Nc1ccc(C(F)(F)F)nc1. The molecule has 3 rings (SSSR count). The van der Waals surface area contributed by atoms with Gasteiger partial charge in [0.05, 0.1) is 29.7 Å². The highest BCUT2D eigenvalue weighted by Crippen LogP contribution is 2.31. The highest BCUT2D eigenvalue weighted by atomic mass is 19.4. The molecule has 0 bridgehead atoms. The Kier molecular flexibility index (Phi) is 5.26. The maximum Gasteiger partial charge on any atom is 0.433 e. The van der Waals surface area contributed by atoms with Gasteiger partial charge in [-0.1, -0.05) is 0 Å². The second-order valence-corrected chi connectivity index (χ2v) is 6.02. The maximum atomic E-state index is 14.2. The standard InChI is InChI=1S/C17H14F5N3O2/c18-12-5-4-11(16(26)25-27-8-9-1-2-9)15(14(12)19)24-10-3-6-13(23-7-10)17(20,21)22/h3-7,9,24H,1-2,8H2,(H,25,26). The predicted octanol–water partition coefficient (Wildman–Crippen LogP) is 4.19. The number of benzene rings is 1. The summed E-state index contributed by atoms with van der Waals surface area (Å²) in [7, 11) is 0. The Labute approximate surface area is 150 Å². The molecule has 0 saturated heterocycles. The average Bonchev–Trinajstić information content (AvgIpc) is 3.43. The molecule has 1 aromatic heterocycles. The molecular weight excluding hydrogens is 373 g/mol. The van der Waals surface area contributed by atoms with Crippen LogP contribution in [0.3, 0.4) is 0 Å². The molecule has 1 heterocycles. The first-order valence-electron chi connectivity index (χ1n) is 7.96. The van der Waals surface area contributed by atoms with Crippen LogP contribution in [0.4, 0.5) is 33.3 Å². The Morgan fingerprint density at radius 3 is 2.52 bits per heavy atom. The molecule has 1 saturated carbocycles. The molecule has 0 aliphatic heterocycles. The molecule has 0 atom stereocenters. The van der Waals surface area contributed by atoms with Crippen molar-refractivity contribution in [1.82, 2.24) is 10.5 Å². The fourth-order valence-electron chi connectivity index (χ4n) is 2.21. The quantitative estimate of drug-likeness (QED) is 0.576. The first-order valence-corrected chi connectivity index (χ1v) is 7.96. The zero-order valence-corrected chi connectivity index (χ0v) is 13.7. The normalized spacial score (nSPS) is 14.1. The minimum absolute atomic E-state index is 0.0551. The van der Waals surface area contributed by atoms with E-state index in [0.717, 1.165) is 37.2 Å². The number of rotatable bonds is 6. The maximum absolute atomic E-state index is 14.2. The summed E-state index contributed by atoms with van der Waals surface area (Å²) >= 11 is 0. The summed E-state index contributed by atoms with van der Waals surface area (Å²) in [6.45, 7) is 0.307. The Morgan fingerprint density at radius 2 is 1.93 bits per heavy atom.